The summed E-state index contributed by atoms with van der Waals surface area (Å²) in [6.45, 7) is 16.1. The van der Waals surface area contributed by atoms with E-state index in [1.165, 1.54) is 132 Å². The number of nitrogens with zero attached hydrogens (tertiary/aromatic N) is 1. The SMILES string of the molecule is CCCCCCCCc1ccc(N2C(=O)c3c(C)sc(-c4cc5c(s4)-c4sc(C)cc4[Si]5(CC(CC)CCCC)CC(CC)CCCC)c3C2=O)cc1. The molecule has 0 radical (unpaired) electrons. The second-order valence-corrected chi connectivity index (χ2v) is 23.7. The van der Waals surface area contributed by atoms with Gasteiger partial charge in [0, 0.05) is 24.4 Å². The fourth-order valence-electron chi connectivity index (χ4n) is 9.26. The van der Waals surface area contributed by atoms with E-state index in [9.17, 15) is 9.59 Å². The van der Waals surface area contributed by atoms with Gasteiger partial charge in [0.15, 0.2) is 0 Å². The summed E-state index contributed by atoms with van der Waals surface area (Å²) in [6, 6.07) is 16.0. The second-order valence-electron chi connectivity index (χ2n) is 16.1. The van der Waals surface area contributed by atoms with E-state index in [0.717, 1.165) is 28.0 Å². The molecule has 0 bridgehead atoms. The lowest BCUT2D eigenvalue weighted by molar-refractivity contribution is 0.0926. The van der Waals surface area contributed by atoms with Crippen molar-refractivity contribution in [3.05, 3.63) is 62.8 Å². The Morgan fingerprint density at radius 1 is 0.623 bits per heavy atom. The number of carbonyl (C=O) groups is 2. The number of benzene rings is 1. The predicted molar refractivity (Wildman–Crippen MR) is 236 cm³/mol. The van der Waals surface area contributed by atoms with Crippen LogP contribution in [0.2, 0.25) is 12.1 Å². The smallest absolute Gasteiger partial charge is 0.267 e. The van der Waals surface area contributed by atoms with Crippen LogP contribution in [0, 0.1) is 25.7 Å². The number of carbonyl (C=O) groups excluding carboxylic acids is 2. The Hall–Kier alpha value is -2.32. The van der Waals surface area contributed by atoms with E-state index in [1.807, 2.05) is 41.7 Å². The van der Waals surface area contributed by atoms with E-state index < -0.39 is 8.07 Å². The van der Waals surface area contributed by atoms with E-state index in [0.29, 0.717) is 16.8 Å². The molecule has 6 rings (SSSR count). The quantitative estimate of drug-likeness (QED) is 0.0479. The lowest BCUT2D eigenvalue weighted by Gasteiger charge is -2.35. The van der Waals surface area contributed by atoms with Crippen LogP contribution in [0.15, 0.2) is 36.4 Å². The van der Waals surface area contributed by atoms with E-state index in [-0.39, 0.29) is 11.8 Å². The molecule has 3 nitrogen and oxygen atoms in total. The van der Waals surface area contributed by atoms with Gasteiger partial charge in [-0.15, -0.1) is 34.0 Å². The van der Waals surface area contributed by atoms with Crippen LogP contribution in [0.4, 0.5) is 5.69 Å². The first kappa shape index (κ1) is 40.3. The van der Waals surface area contributed by atoms with Crippen molar-refractivity contribution in [2.45, 2.75) is 157 Å². The standard InChI is InChI=1S/C46H63NO2S3Si/c1-8-13-16-17-18-19-22-35-23-25-36(26-24-35)47-45(48)40-32(7)51-42(41(40)46(47)49)37-28-39-44(52-37)43-38(27-31(6)50-43)53(39,29-33(11-4)20-14-9-2)30-34(12-5)21-15-10-3/h23-28,33-34H,8-22,29-30H2,1-7H3. The zero-order valence-electron chi connectivity index (χ0n) is 33.6. The Morgan fingerprint density at radius 2 is 1.19 bits per heavy atom. The minimum atomic E-state index is -2.11. The lowest BCUT2D eigenvalue weighted by Crippen LogP contribution is -2.56. The number of unbranched alkanes of at least 4 members (excludes halogenated alkanes) is 7. The first-order valence-corrected chi connectivity index (χ1v) is 25.9. The molecule has 2 aliphatic rings. The third kappa shape index (κ3) is 8.15. The molecule has 0 aliphatic carbocycles. The average Bonchev–Trinajstić information content (AvgIpc) is 3.95. The van der Waals surface area contributed by atoms with E-state index in [1.54, 1.807) is 21.7 Å². The zero-order valence-corrected chi connectivity index (χ0v) is 37.1. The molecule has 5 heterocycles. The highest BCUT2D eigenvalue weighted by Gasteiger charge is 2.50. The molecule has 0 N–H and O–H groups in total. The molecule has 0 saturated heterocycles. The maximum absolute atomic E-state index is 14.4. The largest absolute Gasteiger partial charge is 0.268 e. The molecule has 286 valence electrons. The maximum atomic E-state index is 14.4. The van der Waals surface area contributed by atoms with Crippen molar-refractivity contribution in [3.8, 4) is 19.5 Å². The van der Waals surface area contributed by atoms with Crippen molar-refractivity contribution in [2.24, 2.45) is 11.8 Å². The van der Waals surface area contributed by atoms with E-state index >= 15 is 0 Å². The van der Waals surface area contributed by atoms with Crippen LogP contribution >= 0.6 is 34.0 Å². The minimum Gasteiger partial charge on any atom is -0.268 e. The molecule has 2 unspecified atom stereocenters. The molecule has 7 heteroatoms. The number of fused-ring (bicyclic) bond motifs is 4. The molecule has 4 aromatic rings. The number of imide groups is 1. The Bertz CT molecular complexity index is 1850. The molecular formula is C46H63NO2S3Si. The van der Waals surface area contributed by atoms with Crippen LogP contribution in [0.3, 0.4) is 0 Å². The van der Waals surface area contributed by atoms with Gasteiger partial charge in [-0.2, -0.15) is 0 Å². The number of hydrogen-bond donors (Lipinski definition) is 0. The van der Waals surface area contributed by atoms with Gasteiger partial charge in [-0.05, 0) is 90.8 Å². The first-order chi connectivity index (χ1) is 25.7. The van der Waals surface area contributed by atoms with Crippen LogP contribution in [0.1, 0.15) is 161 Å². The number of hydrogen-bond acceptors (Lipinski definition) is 5. The van der Waals surface area contributed by atoms with Crippen molar-refractivity contribution in [1.29, 1.82) is 0 Å². The number of anilines is 1. The van der Waals surface area contributed by atoms with Gasteiger partial charge in [-0.25, -0.2) is 4.90 Å². The summed E-state index contributed by atoms with van der Waals surface area (Å²) in [7, 11) is -2.11. The Morgan fingerprint density at radius 3 is 1.81 bits per heavy atom. The summed E-state index contributed by atoms with van der Waals surface area (Å²) in [6.07, 6.45) is 19.0. The van der Waals surface area contributed by atoms with Crippen molar-refractivity contribution >= 4 is 70.0 Å². The fraction of sp³-hybridized carbons (Fsp3) is 0.565. The summed E-state index contributed by atoms with van der Waals surface area (Å²) >= 11 is 5.56. The minimum absolute atomic E-state index is 0.158. The lowest BCUT2D eigenvalue weighted by atomic mass is 10.0. The summed E-state index contributed by atoms with van der Waals surface area (Å²) in [5, 5.41) is 3.35. The van der Waals surface area contributed by atoms with Gasteiger partial charge in [-0.1, -0.05) is 130 Å². The van der Waals surface area contributed by atoms with Crippen LogP contribution in [0.25, 0.3) is 19.5 Å². The molecule has 0 spiro atoms. The Kier molecular flexibility index (Phi) is 13.8. The molecule has 2 aliphatic heterocycles. The molecule has 0 fully saturated rings. The van der Waals surface area contributed by atoms with Gasteiger partial charge in [0.2, 0.25) is 0 Å². The van der Waals surface area contributed by atoms with Gasteiger partial charge < -0.3 is 0 Å². The highest BCUT2D eigenvalue weighted by Crippen LogP contribution is 2.50. The number of amides is 2. The van der Waals surface area contributed by atoms with Crippen LogP contribution < -0.4 is 15.3 Å². The highest BCUT2D eigenvalue weighted by atomic mass is 32.1. The zero-order chi connectivity index (χ0) is 37.7. The monoisotopic (exact) mass is 785 g/mol. The molecular weight excluding hydrogens is 723 g/mol. The third-order valence-corrected chi connectivity index (χ3v) is 21.7. The first-order valence-electron chi connectivity index (χ1n) is 21.1. The predicted octanol–water partition coefficient (Wildman–Crippen LogP) is 13.8. The topological polar surface area (TPSA) is 37.4 Å². The van der Waals surface area contributed by atoms with Gasteiger partial charge in [-0.3, -0.25) is 9.59 Å². The Labute approximate surface area is 333 Å². The third-order valence-electron chi connectivity index (χ3n) is 12.3. The van der Waals surface area contributed by atoms with E-state index in [2.05, 4.69) is 65.8 Å². The van der Waals surface area contributed by atoms with Gasteiger partial charge in [0.1, 0.15) is 8.07 Å². The summed E-state index contributed by atoms with van der Waals surface area (Å²) in [5.41, 5.74) is 3.21. The fourth-order valence-corrected chi connectivity index (χ4v) is 20.8. The molecule has 53 heavy (non-hydrogen) atoms. The number of rotatable bonds is 21. The van der Waals surface area contributed by atoms with Crippen molar-refractivity contribution < 1.29 is 9.59 Å². The second kappa shape index (κ2) is 18.1. The molecule has 2 amide bonds. The molecule has 2 atom stereocenters. The number of aryl methyl sites for hydroxylation is 3. The van der Waals surface area contributed by atoms with Crippen LogP contribution in [0.5, 0.6) is 0 Å². The summed E-state index contributed by atoms with van der Waals surface area (Å²) in [4.78, 5) is 37.5. The van der Waals surface area contributed by atoms with Crippen molar-refractivity contribution in [3.63, 3.8) is 0 Å². The van der Waals surface area contributed by atoms with Crippen LogP contribution in [-0.4, -0.2) is 19.9 Å². The van der Waals surface area contributed by atoms with Gasteiger partial charge >= 0.3 is 0 Å². The van der Waals surface area contributed by atoms with Gasteiger partial charge in [0.25, 0.3) is 11.8 Å². The van der Waals surface area contributed by atoms with Gasteiger partial charge in [0.05, 0.1) is 21.7 Å². The van der Waals surface area contributed by atoms with Crippen LogP contribution in [-0.2, 0) is 6.42 Å². The molecule has 0 saturated carbocycles. The summed E-state index contributed by atoms with van der Waals surface area (Å²) in [5.74, 6) is 1.16. The highest BCUT2D eigenvalue weighted by molar-refractivity contribution is 7.32. The Balaban J connectivity index is 1.34. The maximum Gasteiger partial charge on any atom is 0.267 e. The van der Waals surface area contributed by atoms with E-state index in [4.69, 9.17) is 0 Å². The molecule has 1 aromatic carbocycles. The number of thiophene rings is 3. The summed E-state index contributed by atoms with van der Waals surface area (Å²) < 4.78 is 0. The van der Waals surface area contributed by atoms with Crippen molar-refractivity contribution in [2.75, 3.05) is 4.90 Å². The van der Waals surface area contributed by atoms with Crippen molar-refractivity contribution in [1.82, 2.24) is 0 Å². The normalized spacial score (nSPS) is 17.5. The molecule has 3 aromatic heterocycles. The average molecular weight is 786 g/mol.